The van der Waals surface area contributed by atoms with Crippen molar-refractivity contribution in [2.24, 2.45) is 0 Å². The van der Waals surface area contributed by atoms with Gasteiger partial charge in [0.15, 0.2) is 0 Å². The van der Waals surface area contributed by atoms with Gasteiger partial charge in [-0.3, -0.25) is 4.31 Å². The van der Waals surface area contributed by atoms with Gasteiger partial charge in [0.1, 0.15) is 15.9 Å². The zero-order valence-electron chi connectivity index (χ0n) is 10.9. The summed E-state index contributed by atoms with van der Waals surface area (Å²) in [6, 6.07) is 6.82. The molecule has 8 heteroatoms. The van der Waals surface area contributed by atoms with Crippen LogP contribution in [0.1, 0.15) is 6.92 Å². The average molecular weight is 349 g/mol. The van der Waals surface area contributed by atoms with Crippen molar-refractivity contribution in [3.63, 3.8) is 0 Å². The summed E-state index contributed by atoms with van der Waals surface area (Å²) in [7, 11) is -3.98. The number of benzene rings is 1. The zero-order valence-corrected chi connectivity index (χ0v) is 13.3. The van der Waals surface area contributed by atoms with Gasteiger partial charge in [-0.1, -0.05) is 35.3 Å². The molecule has 0 aliphatic heterocycles. The first-order valence-corrected chi connectivity index (χ1v) is 8.16. The van der Waals surface area contributed by atoms with Gasteiger partial charge < -0.3 is 0 Å². The Morgan fingerprint density at radius 2 is 1.95 bits per heavy atom. The van der Waals surface area contributed by atoms with E-state index >= 15 is 0 Å². The Morgan fingerprint density at radius 1 is 1.29 bits per heavy atom. The van der Waals surface area contributed by atoms with Crippen LogP contribution in [0.4, 0.5) is 10.1 Å². The molecule has 0 spiro atoms. The highest BCUT2D eigenvalue weighted by Gasteiger charge is 2.26. The molecular weight excluding hydrogens is 338 g/mol. The lowest BCUT2D eigenvalue weighted by atomic mass is 10.3. The summed E-state index contributed by atoms with van der Waals surface area (Å²) in [4.78, 5) is 3.56. The van der Waals surface area contributed by atoms with E-state index in [-0.39, 0.29) is 27.3 Å². The van der Waals surface area contributed by atoms with Crippen LogP contribution in [0.2, 0.25) is 10.2 Å². The van der Waals surface area contributed by atoms with E-state index in [4.69, 9.17) is 23.2 Å². The topological polar surface area (TPSA) is 50.3 Å². The molecule has 1 aromatic carbocycles. The van der Waals surface area contributed by atoms with Crippen LogP contribution in [0.25, 0.3) is 0 Å². The number of hydrogen-bond acceptors (Lipinski definition) is 3. The molecule has 21 heavy (non-hydrogen) atoms. The van der Waals surface area contributed by atoms with Gasteiger partial charge in [0, 0.05) is 12.7 Å². The molecule has 1 aromatic heterocycles. The first-order chi connectivity index (χ1) is 9.87. The minimum atomic E-state index is -3.98. The summed E-state index contributed by atoms with van der Waals surface area (Å²) in [5.74, 6) is -0.629. The number of pyridine rings is 1. The van der Waals surface area contributed by atoms with Crippen molar-refractivity contribution in [2.45, 2.75) is 11.8 Å². The first-order valence-electron chi connectivity index (χ1n) is 5.96. The van der Waals surface area contributed by atoms with Crippen molar-refractivity contribution < 1.29 is 12.8 Å². The summed E-state index contributed by atoms with van der Waals surface area (Å²) in [6.07, 6.45) is 1.09. The summed E-state index contributed by atoms with van der Waals surface area (Å²) >= 11 is 11.5. The van der Waals surface area contributed by atoms with Crippen LogP contribution in [0.5, 0.6) is 0 Å². The number of hydrogen-bond donors (Lipinski definition) is 0. The maximum atomic E-state index is 13.8. The van der Waals surface area contributed by atoms with Gasteiger partial charge in [-0.2, -0.15) is 0 Å². The molecule has 2 rings (SSSR count). The van der Waals surface area contributed by atoms with Gasteiger partial charge in [-0.05, 0) is 25.1 Å². The van der Waals surface area contributed by atoms with Crippen molar-refractivity contribution in [3.8, 4) is 0 Å². The molecule has 4 nitrogen and oxygen atoms in total. The SMILES string of the molecule is CCN(c1ccccc1F)S(=O)(=O)c1cnc(Cl)c(Cl)c1. The molecule has 0 unspecified atom stereocenters. The molecule has 0 amide bonds. The summed E-state index contributed by atoms with van der Waals surface area (Å²) < 4.78 is 40.0. The van der Waals surface area contributed by atoms with E-state index in [2.05, 4.69) is 4.98 Å². The van der Waals surface area contributed by atoms with Crippen molar-refractivity contribution >= 4 is 38.9 Å². The van der Waals surface area contributed by atoms with Gasteiger partial charge in [0.05, 0.1) is 10.7 Å². The van der Waals surface area contributed by atoms with Crippen LogP contribution in [-0.2, 0) is 10.0 Å². The largest absolute Gasteiger partial charge is 0.265 e. The fourth-order valence-corrected chi connectivity index (χ4v) is 3.58. The number of nitrogens with zero attached hydrogens (tertiary/aromatic N) is 2. The molecule has 112 valence electrons. The van der Waals surface area contributed by atoms with Crippen molar-refractivity contribution in [1.82, 2.24) is 4.98 Å². The maximum Gasteiger partial charge on any atom is 0.265 e. The number of sulfonamides is 1. The van der Waals surface area contributed by atoms with Crippen LogP contribution >= 0.6 is 23.2 Å². The van der Waals surface area contributed by atoms with Gasteiger partial charge in [-0.15, -0.1) is 0 Å². The van der Waals surface area contributed by atoms with Gasteiger partial charge in [0.2, 0.25) is 0 Å². The zero-order chi connectivity index (χ0) is 15.6. The molecule has 0 bridgehead atoms. The Kier molecular flexibility index (Phi) is 4.70. The number of rotatable bonds is 4. The predicted octanol–water partition coefficient (Wildman–Crippen LogP) is 3.74. The lowest BCUT2D eigenvalue weighted by Gasteiger charge is -2.23. The molecule has 0 fully saturated rings. The molecule has 0 aliphatic rings. The Labute approximate surface area is 132 Å². The van der Waals surface area contributed by atoms with Gasteiger partial charge in [-0.25, -0.2) is 17.8 Å². The van der Waals surface area contributed by atoms with E-state index < -0.39 is 15.8 Å². The second-order valence-electron chi connectivity index (χ2n) is 4.06. The normalized spacial score (nSPS) is 11.4. The fraction of sp³-hybridized carbons (Fsp3) is 0.154. The minimum absolute atomic E-state index is 0.00422. The lowest BCUT2D eigenvalue weighted by molar-refractivity contribution is 0.586. The van der Waals surface area contributed by atoms with Gasteiger partial charge in [0.25, 0.3) is 10.0 Å². The summed E-state index contributed by atoms with van der Waals surface area (Å²) in [5, 5.41) is 0.0203. The second-order valence-corrected chi connectivity index (χ2v) is 6.69. The highest BCUT2D eigenvalue weighted by Crippen LogP contribution is 2.28. The maximum absolute atomic E-state index is 13.8. The van der Waals surface area contributed by atoms with Crippen LogP contribution < -0.4 is 4.31 Å². The van der Waals surface area contributed by atoms with Gasteiger partial charge >= 0.3 is 0 Å². The van der Waals surface area contributed by atoms with E-state index in [1.54, 1.807) is 13.0 Å². The molecule has 0 saturated carbocycles. The van der Waals surface area contributed by atoms with E-state index in [9.17, 15) is 12.8 Å². The molecule has 0 N–H and O–H groups in total. The number of halogens is 3. The average Bonchev–Trinajstić information content (AvgIpc) is 2.44. The third-order valence-corrected chi connectivity index (χ3v) is 5.31. The van der Waals surface area contributed by atoms with Crippen LogP contribution in [0.3, 0.4) is 0 Å². The standard InChI is InChI=1S/C13H11Cl2FN2O2S/c1-2-18(12-6-4-3-5-11(12)16)21(19,20)9-7-10(14)13(15)17-8-9/h3-8H,2H2,1H3. The molecular formula is C13H11Cl2FN2O2S. The quantitative estimate of drug-likeness (QED) is 0.790. The molecule has 2 aromatic rings. The number of anilines is 1. The minimum Gasteiger partial charge on any atom is -0.264 e. The third-order valence-electron chi connectivity index (χ3n) is 2.77. The molecule has 0 atom stereocenters. The third kappa shape index (κ3) is 3.12. The fourth-order valence-electron chi connectivity index (χ4n) is 1.80. The molecule has 0 aliphatic carbocycles. The molecule has 1 heterocycles. The second kappa shape index (κ2) is 6.17. The highest BCUT2D eigenvalue weighted by molar-refractivity contribution is 7.92. The Hall–Kier alpha value is -1.37. The van der Waals surface area contributed by atoms with E-state index in [0.717, 1.165) is 10.5 Å². The molecule has 0 saturated heterocycles. The summed E-state index contributed by atoms with van der Waals surface area (Å²) in [6.45, 7) is 1.67. The Morgan fingerprint density at radius 3 is 2.52 bits per heavy atom. The van der Waals surface area contributed by atoms with Crippen molar-refractivity contribution in [2.75, 3.05) is 10.8 Å². The monoisotopic (exact) mass is 348 g/mol. The Bertz CT molecular complexity index is 769. The smallest absolute Gasteiger partial charge is 0.264 e. The van der Waals surface area contributed by atoms with Crippen molar-refractivity contribution in [3.05, 3.63) is 52.5 Å². The predicted molar refractivity (Wildman–Crippen MR) is 80.9 cm³/mol. The summed E-state index contributed by atoms with van der Waals surface area (Å²) in [5.41, 5.74) is -0.0360. The van der Waals surface area contributed by atoms with Crippen LogP contribution in [0.15, 0.2) is 41.4 Å². The first kappa shape index (κ1) is 16.0. The van der Waals surface area contributed by atoms with Crippen molar-refractivity contribution in [1.29, 1.82) is 0 Å². The van der Waals surface area contributed by atoms with E-state index in [1.165, 1.54) is 24.3 Å². The van der Waals surface area contributed by atoms with Crippen LogP contribution in [0, 0.1) is 5.82 Å². The lowest BCUT2D eigenvalue weighted by Crippen LogP contribution is -2.31. The van der Waals surface area contributed by atoms with E-state index in [0.29, 0.717) is 0 Å². The highest BCUT2D eigenvalue weighted by atomic mass is 35.5. The molecule has 0 radical (unpaired) electrons. The van der Waals surface area contributed by atoms with Crippen LogP contribution in [-0.4, -0.2) is 19.9 Å². The number of aromatic nitrogens is 1. The number of para-hydroxylation sites is 1. The Balaban J connectivity index is 2.55. The van der Waals surface area contributed by atoms with E-state index in [1.807, 2.05) is 0 Å².